The average molecular weight is 437 g/mol. The van der Waals surface area contributed by atoms with Crippen molar-refractivity contribution in [3.8, 4) is 0 Å². The topological polar surface area (TPSA) is 73.0 Å². The van der Waals surface area contributed by atoms with Gasteiger partial charge in [-0.2, -0.15) is 4.31 Å². The van der Waals surface area contributed by atoms with Crippen LogP contribution in [0.4, 0.5) is 0 Å². The number of rotatable bonds is 8. The second-order valence-corrected chi connectivity index (χ2v) is 10.5. The SMILES string of the molecule is CN1CCN(S(=O)(=O)Cc2ccc(C(=O)NCCCN3CCCCCC3)cc2)CC1. The predicted molar refractivity (Wildman–Crippen MR) is 120 cm³/mol. The molecule has 0 spiro atoms. The highest BCUT2D eigenvalue weighted by atomic mass is 32.2. The van der Waals surface area contributed by atoms with Crippen molar-refractivity contribution in [1.82, 2.24) is 19.4 Å². The van der Waals surface area contributed by atoms with E-state index in [0.29, 0.717) is 30.8 Å². The molecule has 0 saturated carbocycles. The van der Waals surface area contributed by atoms with Crippen LogP contribution in [-0.4, -0.2) is 87.8 Å². The van der Waals surface area contributed by atoms with E-state index in [1.807, 2.05) is 7.05 Å². The first-order chi connectivity index (χ1) is 14.4. The van der Waals surface area contributed by atoms with Gasteiger partial charge in [0.15, 0.2) is 0 Å². The molecule has 0 radical (unpaired) electrons. The van der Waals surface area contributed by atoms with Crippen LogP contribution in [0.2, 0.25) is 0 Å². The van der Waals surface area contributed by atoms with Gasteiger partial charge in [0.1, 0.15) is 0 Å². The first-order valence-electron chi connectivity index (χ1n) is 11.2. The van der Waals surface area contributed by atoms with E-state index >= 15 is 0 Å². The molecular formula is C22H36N4O3S. The number of hydrogen-bond donors (Lipinski definition) is 1. The predicted octanol–water partition coefficient (Wildman–Crippen LogP) is 1.76. The number of amides is 1. The summed E-state index contributed by atoms with van der Waals surface area (Å²) in [7, 11) is -1.32. The number of piperazine rings is 1. The number of likely N-dealkylation sites (tertiary alicyclic amines) is 1. The number of nitrogens with one attached hydrogen (secondary N) is 1. The van der Waals surface area contributed by atoms with E-state index in [2.05, 4.69) is 15.1 Å². The lowest BCUT2D eigenvalue weighted by atomic mass is 10.1. The summed E-state index contributed by atoms with van der Waals surface area (Å²) in [6, 6.07) is 6.94. The largest absolute Gasteiger partial charge is 0.352 e. The van der Waals surface area contributed by atoms with Crippen LogP contribution in [-0.2, 0) is 15.8 Å². The van der Waals surface area contributed by atoms with Crippen LogP contribution in [0, 0.1) is 0 Å². The molecule has 0 bridgehead atoms. The summed E-state index contributed by atoms with van der Waals surface area (Å²) >= 11 is 0. The summed E-state index contributed by atoms with van der Waals surface area (Å²) in [5.74, 6) is -0.117. The Morgan fingerprint density at radius 2 is 1.57 bits per heavy atom. The van der Waals surface area contributed by atoms with Gasteiger partial charge < -0.3 is 15.1 Å². The van der Waals surface area contributed by atoms with Gasteiger partial charge in [-0.05, 0) is 63.6 Å². The van der Waals surface area contributed by atoms with Gasteiger partial charge in [0.05, 0.1) is 5.75 Å². The zero-order valence-electron chi connectivity index (χ0n) is 18.2. The van der Waals surface area contributed by atoms with Crippen LogP contribution in [0.15, 0.2) is 24.3 Å². The molecule has 7 nitrogen and oxygen atoms in total. The Bertz CT molecular complexity index is 766. The van der Waals surface area contributed by atoms with Crippen molar-refractivity contribution in [2.45, 2.75) is 37.9 Å². The first-order valence-corrected chi connectivity index (χ1v) is 12.8. The van der Waals surface area contributed by atoms with Crippen molar-refractivity contribution in [2.24, 2.45) is 0 Å². The Morgan fingerprint density at radius 3 is 2.20 bits per heavy atom. The third kappa shape index (κ3) is 7.04. The molecule has 2 heterocycles. The fraction of sp³-hybridized carbons (Fsp3) is 0.682. The molecule has 30 heavy (non-hydrogen) atoms. The van der Waals surface area contributed by atoms with Gasteiger partial charge in [-0.15, -0.1) is 0 Å². The van der Waals surface area contributed by atoms with Crippen molar-refractivity contribution in [1.29, 1.82) is 0 Å². The fourth-order valence-electron chi connectivity index (χ4n) is 4.09. The monoisotopic (exact) mass is 436 g/mol. The Hall–Kier alpha value is -1.48. The highest BCUT2D eigenvalue weighted by Gasteiger charge is 2.25. The van der Waals surface area contributed by atoms with E-state index in [9.17, 15) is 13.2 Å². The minimum Gasteiger partial charge on any atom is -0.352 e. The lowest BCUT2D eigenvalue weighted by Gasteiger charge is -2.31. The number of carbonyl (C=O) groups excluding carboxylic acids is 1. The highest BCUT2D eigenvalue weighted by Crippen LogP contribution is 2.14. The number of sulfonamides is 1. The molecule has 2 aliphatic rings. The molecular weight excluding hydrogens is 400 g/mol. The van der Waals surface area contributed by atoms with Crippen molar-refractivity contribution >= 4 is 15.9 Å². The van der Waals surface area contributed by atoms with Crippen molar-refractivity contribution < 1.29 is 13.2 Å². The number of hydrogen-bond acceptors (Lipinski definition) is 5. The number of benzene rings is 1. The molecule has 0 aromatic heterocycles. The molecule has 1 amide bonds. The molecule has 2 saturated heterocycles. The maximum atomic E-state index is 12.6. The summed E-state index contributed by atoms with van der Waals surface area (Å²) in [4.78, 5) is 17.0. The van der Waals surface area contributed by atoms with Gasteiger partial charge in [0.25, 0.3) is 5.91 Å². The van der Waals surface area contributed by atoms with Crippen LogP contribution < -0.4 is 5.32 Å². The molecule has 2 fully saturated rings. The summed E-state index contributed by atoms with van der Waals surface area (Å²) in [6.07, 6.45) is 6.18. The van der Waals surface area contributed by atoms with Crippen LogP contribution >= 0.6 is 0 Å². The number of carbonyl (C=O) groups is 1. The first kappa shape index (κ1) is 23.2. The molecule has 3 rings (SSSR count). The Kier molecular flexibility index (Phi) is 8.68. The van der Waals surface area contributed by atoms with Crippen LogP contribution in [0.5, 0.6) is 0 Å². The second kappa shape index (κ2) is 11.2. The molecule has 1 aromatic rings. The zero-order chi connectivity index (χ0) is 21.4. The highest BCUT2D eigenvalue weighted by molar-refractivity contribution is 7.88. The standard InChI is InChI=1S/C22H36N4O3S/c1-24-15-17-26(18-16-24)30(28,29)19-20-7-9-21(10-8-20)22(27)23-11-6-14-25-12-4-2-3-5-13-25/h7-10H,2-6,11-19H2,1H3,(H,23,27). The maximum Gasteiger partial charge on any atom is 0.251 e. The average Bonchev–Trinajstić information content (AvgIpc) is 3.00. The lowest BCUT2D eigenvalue weighted by molar-refractivity contribution is 0.0951. The van der Waals surface area contributed by atoms with E-state index in [4.69, 9.17) is 0 Å². The maximum absolute atomic E-state index is 12.6. The number of likely N-dealkylation sites (N-methyl/N-ethyl adjacent to an activating group) is 1. The van der Waals surface area contributed by atoms with E-state index in [0.717, 1.165) is 26.1 Å². The van der Waals surface area contributed by atoms with Gasteiger partial charge >= 0.3 is 0 Å². The minimum atomic E-state index is -3.32. The van der Waals surface area contributed by atoms with Gasteiger partial charge in [-0.1, -0.05) is 25.0 Å². The minimum absolute atomic E-state index is 0.0194. The van der Waals surface area contributed by atoms with Crippen LogP contribution in [0.3, 0.4) is 0 Å². The van der Waals surface area contributed by atoms with Gasteiger partial charge in [0, 0.05) is 38.3 Å². The molecule has 0 unspecified atom stereocenters. The smallest absolute Gasteiger partial charge is 0.251 e. The molecule has 0 atom stereocenters. The van der Waals surface area contributed by atoms with Crippen molar-refractivity contribution in [3.63, 3.8) is 0 Å². The quantitative estimate of drug-likeness (QED) is 0.629. The number of nitrogens with zero attached hydrogens (tertiary/aromatic N) is 3. The van der Waals surface area contributed by atoms with Crippen LogP contribution in [0.25, 0.3) is 0 Å². The summed E-state index contributed by atoms with van der Waals surface area (Å²) in [5, 5.41) is 2.98. The molecule has 168 valence electrons. The third-order valence-corrected chi connectivity index (χ3v) is 7.91. The normalized spacial score (nSPS) is 20.0. The Morgan fingerprint density at radius 1 is 0.933 bits per heavy atom. The third-order valence-electron chi connectivity index (χ3n) is 6.06. The van der Waals surface area contributed by atoms with E-state index in [-0.39, 0.29) is 11.7 Å². The second-order valence-electron chi connectivity index (χ2n) is 8.52. The van der Waals surface area contributed by atoms with Gasteiger partial charge in [-0.25, -0.2) is 8.42 Å². The summed E-state index contributed by atoms with van der Waals surface area (Å²) in [5.41, 5.74) is 1.29. The molecule has 2 aliphatic heterocycles. The zero-order valence-corrected chi connectivity index (χ0v) is 19.0. The Labute approximate surface area is 181 Å². The van der Waals surface area contributed by atoms with Gasteiger partial charge in [-0.3, -0.25) is 4.79 Å². The molecule has 1 aromatic carbocycles. The molecule has 1 N–H and O–H groups in total. The van der Waals surface area contributed by atoms with Gasteiger partial charge in [0.2, 0.25) is 10.0 Å². The molecule has 0 aliphatic carbocycles. The van der Waals surface area contributed by atoms with E-state index < -0.39 is 10.0 Å². The fourth-order valence-corrected chi connectivity index (χ4v) is 5.60. The summed E-state index contributed by atoms with van der Waals surface area (Å²) < 4.78 is 26.8. The van der Waals surface area contributed by atoms with Crippen LogP contribution in [0.1, 0.15) is 48.0 Å². The van der Waals surface area contributed by atoms with E-state index in [1.54, 1.807) is 28.6 Å². The van der Waals surface area contributed by atoms with Crippen molar-refractivity contribution in [2.75, 3.05) is 59.4 Å². The molecule has 8 heteroatoms. The lowest BCUT2D eigenvalue weighted by Crippen LogP contribution is -2.47. The van der Waals surface area contributed by atoms with E-state index in [1.165, 1.54) is 38.8 Å². The summed E-state index contributed by atoms with van der Waals surface area (Å²) in [6.45, 7) is 6.64. The Balaban J connectivity index is 1.42. The van der Waals surface area contributed by atoms with Crippen molar-refractivity contribution in [3.05, 3.63) is 35.4 Å².